The fourth-order valence-electron chi connectivity index (χ4n) is 5.11. The summed E-state index contributed by atoms with van der Waals surface area (Å²) in [5.74, 6) is 0.476. The van der Waals surface area contributed by atoms with Crippen molar-refractivity contribution >= 4 is 42.6 Å². The minimum Gasteiger partial charge on any atom is -0.492 e. The number of benzene rings is 3. The Morgan fingerprint density at radius 3 is 2.39 bits per heavy atom. The van der Waals surface area contributed by atoms with E-state index < -0.39 is 10.0 Å². The summed E-state index contributed by atoms with van der Waals surface area (Å²) in [5, 5.41) is 0.591. The van der Waals surface area contributed by atoms with Gasteiger partial charge in [-0.2, -0.15) is 4.31 Å². The standard InChI is InChI=1S/C31H36N4O4S2/c1-4-33(5-2)20-21-35(31-32-29-27(39-6-3)12-9-13-28(29)40-31)30(36)24-14-16-26(17-15-24)41(37,38)34-19-18-23-10-7-8-11-25(23)22-34/h7-17H,4-6,18-22H2,1-3H3. The molecule has 0 unspecified atom stereocenters. The molecular weight excluding hydrogens is 556 g/mol. The van der Waals surface area contributed by atoms with E-state index in [2.05, 4.69) is 24.8 Å². The molecular formula is C31H36N4O4S2. The largest absolute Gasteiger partial charge is 0.492 e. The zero-order valence-electron chi connectivity index (χ0n) is 23.7. The van der Waals surface area contributed by atoms with Gasteiger partial charge >= 0.3 is 0 Å². The van der Waals surface area contributed by atoms with Crippen LogP contribution in [0.5, 0.6) is 5.75 Å². The van der Waals surface area contributed by atoms with Crippen LogP contribution in [-0.4, -0.2) is 67.8 Å². The maximum Gasteiger partial charge on any atom is 0.260 e. The number of hydrogen-bond donors (Lipinski definition) is 0. The van der Waals surface area contributed by atoms with E-state index in [4.69, 9.17) is 9.72 Å². The molecule has 0 aliphatic carbocycles. The number of sulfonamides is 1. The molecule has 0 bridgehead atoms. The highest BCUT2D eigenvalue weighted by molar-refractivity contribution is 7.89. The third-order valence-corrected chi connectivity index (χ3v) is 10.4. The first-order chi connectivity index (χ1) is 19.8. The second-order valence-electron chi connectivity index (χ2n) is 9.90. The first-order valence-corrected chi connectivity index (χ1v) is 16.3. The summed E-state index contributed by atoms with van der Waals surface area (Å²) in [6.45, 7) is 10.3. The topological polar surface area (TPSA) is 83.0 Å². The number of aromatic nitrogens is 1. The highest BCUT2D eigenvalue weighted by atomic mass is 32.2. The maximum atomic E-state index is 13.9. The second kappa shape index (κ2) is 12.7. The van der Waals surface area contributed by atoms with Crippen LogP contribution in [0.25, 0.3) is 10.2 Å². The smallest absolute Gasteiger partial charge is 0.260 e. The van der Waals surface area contributed by atoms with Gasteiger partial charge in [0.15, 0.2) is 5.13 Å². The molecule has 1 aliphatic rings. The molecule has 216 valence electrons. The molecule has 0 saturated carbocycles. The van der Waals surface area contributed by atoms with Crippen molar-refractivity contribution < 1.29 is 17.9 Å². The SMILES string of the molecule is CCOc1cccc2sc(N(CCN(CC)CC)C(=O)c3ccc(S(=O)(=O)N4CCc5ccccc5C4)cc3)nc12. The highest BCUT2D eigenvalue weighted by Gasteiger charge is 2.29. The van der Waals surface area contributed by atoms with Gasteiger partial charge in [0.1, 0.15) is 11.3 Å². The van der Waals surface area contributed by atoms with Crippen molar-refractivity contribution in [1.29, 1.82) is 0 Å². The summed E-state index contributed by atoms with van der Waals surface area (Å²) in [6.07, 6.45) is 0.681. The summed E-state index contributed by atoms with van der Waals surface area (Å²) >= 11 is 1.45. The third-order valence-electron chi connectivity index (χ3n) is 7.52. The van der Waals surface area contributed by atoms with Crippen LogP contribution in [0.1, 0.15) is 42.3 Å². The van der Waals surface area contributed by atoms with Gasteiger partial charge in [-0.15, -0.1) is 0 Å². The molecule has 4 aromatic rings. The number of para-hydroxylation sites is 1. The first-order valence-electron chi connectivity index (χ1n) is 14.1. The molecule has 8 nitrogen and oxygen atoms in total. The van der Waals surface area contributed by atoms with Crippen LogP contribution in [0.2, 0.25) is 0 Å². The van der Waals surface area contributed by atoms with Crippen molar-refractivity contribution in [2.24, 2.45) is 0 Å². The van der Waals surface area contributed by atoms with Gasteiger partial charge < -0.3 is 9.64 Å². The molecule has 41 heavy (non-hydrogen) atoms. The third kappa shape index (κ3) is 6.16. The average molecular weight is 593 g/mol. The van der Waals surface area contributed by atoms with Crippen LogP contribution in [-0.2, 0) is 23.0 Å². The van der Waals surface area contributed by atoms with Crippen LogP contribution in [0, 0.1) is 0 Å². The Hall–Kier alpha value is -3.31. The average Bonchev–Trinajstić information content (AvgIpc) is 3.44. The van der Waals surface area contributed by atoms with Gasteiger partial charge in [-0.05, 0) is 74.0 Å². The van der Waals surface area contributed by atoms with Gasteiger partial charge in [0, 0.05) is 31.7 Å². The van der Waals surface area contributed by atoms with Gasteiger partial charge in [0.2, 0.25) is 10.0 Å². The Balaban J connectivity index is 1.41. The number of anilines is 1. The van der Waals surface area contributed by atoms with Crippen molar-refractivity contribution in [2.75, 3.05) is 44.2 Å². The number of carbonyl (C=O) groups is 1. The summed E-state index contributed by atoms with van der Waals surface area (Å²) in [6, 6.07) is 20.0. The molecule has 0 spiro atoms. The van der Waals surface area contributed by atoms with E-state index >= 15 is 0 Å². The van der Waals surface area contributed by atoms with Gasteiger partial charge in [-0.25, -0.2) is 13.4 Å². The number of rotatable bonds is 11. The van der Waals surface area contributed by atoms with Crippen molar-refractivity contribution in [3.63, 3.8) is 0 Å². The van der Waals surface area contributed by atoms with E-state index in [0.717, 1.165) is 28.9 Å². The lowest BCUT2D eigenvalue weighted by molar-refractivity contribution is 0.0983. The Morgan fingerprint density at radius 1 is 0.951 bits per heavy atom. The lowest BCUT2D eigenvalue weighted by atomic mass is 10.0. The summed E-state index contributed by atoms with van der Waals surface area (Å²) in [7, 11) is -3.70. The number of carbonyl (C=O) groups excluding carboxylic acids is 1. The Bertz CT molecular complexity index is 1610. The summed E-state index contributed by atoms with van der Waals surface area (Å²) in [5.41, 5.74) is 3.37. The highest BCUT2D eigenvalue weighted by Crippen LogP contribution is 2.35. The minimum absolute atomic E-state index is 0.185. The molecule has 0 atom stereocenters. The zero-order valence-corrected chi connectivity index (χ0v) is 25.4. The predicted octanol–water partition coefficient (Wildman–Crippen LogP) is 5.43. The van der Waals surface area contributed by atoms with Gasteiger partial charge in [0.25, 0.3) is 5.91 Å². The molecule has 3 aromatic carbocycles. The lowest BCUT2D eigenvalue weighted by Crippen LogP contribution is -2.39. The normalized spacial score (nSPS) is 13.9. The number of ether oxygens (including phenoxy) is 1. The molecule has 0 saturated heterocycles. The molecule has 5 rings (SSSR count). The maximum absolute atomic E-state index is 13.9. The number of fused-ring (bicyclic) bond motifs is 2. The Labute approximate surface area is 246 Å². The van der Waals surface area contributed by atoms with Gasteiger partial charge in [-0.3, -0.25) is 9.69 Å². The molecule has 1 aliphatic heterocycles. The van der Waals surface area contributed by atoms with E-state index in [9.17, 15) is 13.2 Å². The van der Waals surface area contributed by atoms with E-state index in [1.165, 1.54) is 33.3 Å². The number of hydrogen-bond acceptors (Lipinski definition) is 7. The molecule has 0 N–H and O–H groups in total. The Morgan fingerprint density at radius 2 is 1.68 bits per heavy atom. The van der Waals surface area contributed by atoms with Gasteiger partial charge in [-0.1, -0.05) is 55.5 Å². The monoisotopic (exact) mass is 592 g/mol. The van der Waals surface area contributed by atoms with E-state index in [1.54, 1.807) is 17.0 Å². The lowest BCUT2D eigenvalue weighted by Gasteiger charge is -2.28. The number of likely N-dealkylation sites (N-methyl/N-ethyl adjacent to an activating group) is 1. The number of nitrogens with zero attached hydrogens (tertiary/aromatic N) is 4. The fraction of sp³-hybridized carbons (Fsp3) is 0.355. The van der Waals surface area contributed by atoms with Crippen molar-refractivity contribution in [2.45, 2.75) is 38.6 Å². The number of thiazole rings is 1. The Kier molecular flexibility index (Phi) is 9.03. The van der Waals surface area contributed by atoms with E-state index in [-0.39, 0.29) is 10.8 Å². The van der Waals surface area contributed by atoms with Crippen molar-refractivity contribution in [3.8, 4) is 5.75 Å². The molecule has 2 heterocycles. The van der Waals surface area contributed by atoms with Crippen LogP contribution in [0.15, 0.2) is 71.6 Å². The molecule has 1 amide bonds. The van der Waals surface area contributed by atoms with E-state index in [0.29, 0.717) is 55.7 Å². The first kappa shape index (κ1) is 29.2. The zero-order chi connectivity index (χ0) is 29.0. The summed E-state index contributed by atoms with van der Waals surface area (Å²) in [4.78, 5) is 22.9. The quantitative estimate of drug-likeness (QED) is 0.231. The molecule has 10 heteroatoms. The van der Waals surface area contributed by atoms with Gasteiger partial charge in [0.05, 0.1) is 16.2 Å². The fourth-order valence-corrected chi connectivity index (χ4v) is 7.54. The van der Waals surface area contributed by atoms with Crippen LogP contribution in [0.4, 0.5) is 5.13 Å². The molecule has 1 aromatic heterocycles. The minimum atomic E-state index is -3.70. The van der Waals surface area contributed by atoms with Crippen LogP contribution in [0.3, 0.4) is 0 Å². The van der Waals surface area contributed by atoms with Crippen LogP contribution >= 0.6 is 11.3 Å². The summed E-state index contributed by atoms with van der Waals surface area (Å²) < 4.78 is 35.2. The van der Waals surface area contributed by atoms with E-state index in [1.807, 2.05) is 43.3 Å². The van der Waals surface area contributed by atoms with Crippen molar-refractivity contribution in [1.82, 2.24) is 14.2 Å². The predicted molar refractivity (Wildman–Crippen MR) is 164 cm³/mol. The van der Waals surface area contributed by atoms with Crippen molar-refractivity contribution in [3.05, 3.63) is 83.4 Å². The molecule has 0 radical (unpaired) electrons. The second-order valence-corrected chi connectivity index (χ2v) is 12.8. The van der Waals surface area contributed by atoms with Crippen LogP contribution < -0.4 is 9.64 Å². The number of amides is 1. The molecule has 0 fully saturated rings.